The Labute approximate surface area is 166 Å². The van der Waals surface area contributed by atoms with Gasteiger partial charge in [-0.15, -0.1) is 0 Å². The molecule has 0 atom stereocenters. The molecule has 0 fully saturated rings. The van der Waals surface area contributed by atoms with E-state index in [0.29, 0.717) is 17.0 Å². The SMILES string of the molecule is Cc1ccc(C(=O)COC(=O)c2c(C)nn(-c3ccccc3)c2C)cc1[N+](=O)[O-]. The van der Waals surface area contributed by atoms with Gasteiger partial charge in [-0.3, -0.25) is 14.9 Å². The van der Waals surface area contributed by atoms with Gasteiger partial charge in [-0.25, -0.2) is 9.48 Å². The van der Waals surface area contributed by atoms with Crippen molar-refractivity contribution in [3.05, 3.63) is 86.7 Å². The van der Waals surface area contributed by atoms with Crippen LogP contribution in [0, 0.1) is 30.9 Å². The topological polar surface area (TPSA) is 104 Å². The van der Waals surface area contributed by atoms with Crippen molar-refractivity contribution >= 4 is 17.4 Å². The zero-order valence-corrected chi connectivity index (χ0v) is 16.2. The van der Waals surface area contributed by atoms with Crippen LogP contribution in [0.2, 0.25) is 0 Å². The fourth-order valence-corrected chi connectivity index (χ4v) is 3.02. The molecule has 3 aromatic rings. The maximum atomic E-state index is 12.6. The Hall–Kier alpha value is -3.81. The number of nitro benzene ring substituents is 1. The number of ether oxygens (including phenoxy) is 1. The van der Waals surface area contributed by atoms with E-state index in [1.54, 1.807) is 25.5 Å². The predicted octanol–water partition coefficient (Wildman–Crippen LogP) is 3.75. The highest BCUT2D eigenvalue weighted by molar-refractivity contribution is 6.00. The molecule has 8 heteroatoms. The Kier molecular flexibility index (Phi) is 5.54. The third kappa shape index (κ3) is 4.06. The molecule has 0 spiro atoms. The van der Waals surface area contributed by atoms with Crippen molar-refractivity contribution in [1.29, 1.82) is 0 Å². The van der Waals surface area contributed by atoms with Crippen molar-refractivity contribution in [3.8, 4) is 5.69 Å². The number of nitrogens with zero attached hydrogens (tertiary/aromatic N) is 3. The van der Waals surface area contributed by atoms with Crippen LogP contribution in [0.15, 0.2) is 48.5 Å². The van der Waals surface area contributed by atoms with Gasteiger partial charge < -0.3 is 4.74 Å². The molecular weight excluding hydrogens is 374 g/mol. The molecule has 0 radical (unpaired) electrons. The number of Topliss-reactive ketones (excluding diaryl/α,β-unsaturated/α-hetero) is 1. The summed E-state index contributed by atoms with van der Waals surface area (Å²) >= 11 is 0. The van der Waals surface area contributed by atoms with Crippen molar-refractivity contribution in [3.63, 3.8) is 0 Å². The van der Waals surface area contributed by atoms with Gasteiger partial charge in [0.05, 0.1) is 22.0 Å². The number of para-hydroxylation sites is 1. The summed E-state index contributed by atoms with van der Waals surface area (Å²) in [6.07, 6.45) is 0. The standard InChI is InChI=1S/C21H19N3O5/c1-13-9-10-16(11-18(13)24(27)28)19(25)12-29-21(26)20-14(2)22-23(15(20)3)17-7-5-4-6-8-17/h4-11H,12H2,1-3H3. The summed E-state index contributed by atoms with van der Waals surface area (Å²) in [4.78, 5) is 35.4. The molecule has 0 saturated carbocycles. The number of esters is 1. The third-order valence-electron chi connectivity index (χ3n) is 4.56. The van der Waals surface area contributed by atoms with Crippen LogP contribution in [0.3, 0.4) is 0 Å². The minimum Gasteiger partial charge on any atom is -0.454 e. The Balaban J connectivity index is 1.76. The van der Waals surface area contributed by atoms with E-state index in [1.807, 2.05) is 30.3 Å². The zero-order chi connectivity index (χ0) is 21.1. The number of nitro groups is 1. The Morgan fingerprint density at radius 3 is 2.45 bits per heavy atom. The number of aryl methyl sites for hydroxylation is 2. The van der Waals surface area contributed by atoms with E-state index < -0.39 is 23.3 Å². The summed E-state index contributed by atoms with van der Waals surface area (Å²) in [5.74, 6) is -1.19. The lowest BCUT2D eigenvalue weighted by Crippen LogP contribution is -2.15. The maximum Gasteiger partial charge on any atom is 0.342 e. The molecule has 0 N–H and O–H groups in total. The summed E-state index contributed by atoms with van der Waals surface area (Å²) in [6.45, 7) is 4.50. The Morgan fingerprint density at radius 1 is 1.10 bits per heavy atom. The highest BCUT2D eigenvalue weighted by Crippen LogP contribution is 2.21. The molecule has 148 valence electrons. The first kappa shape index (κ1) is 19.9. The molecule has 2 aromatic carbocycles. The largest absolute Gasteiger partial charge is 0.454 e. The summed E-state index contributed by atoms with van der Waals surface area (Å²) < 4.78 is 6.81. The van der Waals surface area contributed by atoms with E-state index in [-0.39, 0.29) is 16.8 Å². The van der Waals surface area contributed by atoms with Crippen LogP contribution in [0.25, 0.3) is 5.69 Å². The molecule has 0 amide bonds. The molecule has 0 bridgehead atoms. The summed E-state index contributed by atoms with van der Waals surface area (Å²) in [5.41, 5.74) is 2.57. The molecule has 29 heavy (non-hydrogen) atoms. The number of aromatic nitrogens is 2. The van der Waals surface area contributed by atoms with Gasteiger partial charge in [0.25, 0.3) is 5.69 Å². The Morgan fingerprint density at radius 2 is 1.79 bits per heavy atom. The lowest BCUT2D eigenvalue weighted by molar-refractivity contribution is -0.385. The number of ketones is 1. The van der Waals surface area contributed by atoms with Crippen molar-refractivity contribution in [2.24, 2.45) is 0 Å². The predicted molar refractivity (Wildman–Crippen MR) is 105 cm³/mol. The highest BCUT2D eigenvalue weighted by Gasteiger charge is 2.22. The first-order valence-electron chi connectivity index (χ1n) is 8.86. The van der Waals surface area contributed by atoms with Crippen molar-refractivity contribution in [1.82, 2.24) is 9.78 Å². The van der Waals surface area contributed by atoms with Gasteiger partial charge in [0, 0.05) is 17.2 Å². The molecule has 0 unspecified atom stereocenters. The average Bonchev–Trinajstić information content (AvgIpc) is 3.00. The molecule has 3 rings (SSSR count). The van der Waals surface area contributed by atoms with Gasteiger partial charge in [0.2, 0.25) is 5.78 Å². The lowest BCUT2D eigenvalue weighted by Gasteiger charge is -2.07. The highest BCUT2D eigenvalue weighted by atomic mass is 16.6. The van der Waals surface area contributed by atoms with Crippen LogP contribution in [0.5, 0.6) is 0 Å². The second kappa shape index (κ2) is 8.05. The van der Waals surface area contributed by atoms with Crippen molar-refractivity contribution < 1.29 is 19.2 Å². The first-order valence-corrected chi connectivity index (χ1v) is 8.86. The van der Waals surface area contributed by atoms with Gasteiger partial charge in [-0.2, -0.15) is 5.10 Å². The quantitative estimate of drug-likeness (QED) is 0.273. The monoisotopic (exact) mass is 393 g/mol. The minimum absolute atomic E-state index is 0.114. The Bertz CT molecular complexity index is 1100. The number of rotatable bonds is 6. The average molecular weight is 393 g/mol. The van der Waals surface area contributed by atoms with E-state index in [4.69, 9.17) is 4.74 Å². The van der Waals surface area contributed by atoms with Crippen LogP contribution >= 0.6 is 0 Å². The van der Waals surface area contributed by atoms with Crippen LogP contribution in [-0.4, -0.2) is 33.1 Å². The number of hydrogen-bond donors (Lipinski definition) is 0. The molecule has 0 aliphatic rings. The fraction of sp³-hybridized carbons (Fsp3) is 0.190. The summed E-state index contributed by atoms with van der Waals surface area (Å²) in [5, 5.41) is 15.4. The first-order chi connectivity index (χ1) is 13.8. The summed E-state index contributed by atoms with van der Waals surface area (Å²) in [6, 6.07) is 13.5. The van der Waals surface area contributed by atoms with Crippen LogP contribution in [0.1, 0.15) is 37.7 Å². The maximum absolute atomic E-state index is 12.6. The number of carbonyl (C=O) groups is 2. The second-order valence-electron chi connectivity index (χ2n) is 6.55. The van der Waals surface area contributed by atoms with Gasteiger partial charge in [-0.1, -0.05) is 30.3 Å². The van der Waals surface area contributed by atoms with Gasteiger partial charge in [0.1, 0.15) is 5.56 Å². The number of hydrogen-bond acceptors (Lipinski definition) is 6. The molecule has 0 aliphatic heterocycles. The van der Waals surface area contributed by atoms with Gasteiger partial charge >= 0.3 is 5.97 Å². The molecule has 0 saturated heterocycles. The molecule has 1 aromatic heterocycles. The van der Waals surface area contributed by atoms with E-state index in [0.717, 1.165) is 5.69 Å². The normalized spacial score (nSPS) is 10.6. The lowest BCUT2D eigenvalue weighted by atomic mass is 10.1. The molecular formula is C21H19N3O5. The van der Waals surface area contributed by atoms with Crippen molar-refractivity contribution in [2.45, 2.75) is 20.8 Å². The molecule has 8 nitrogen and oxygen atoms in total. The molecule has 1 heterocycles. The van der Waals surface area contributed by atoms with Crippen molar-refractivity contribution in [2.75, 3.05) is 6.61 Å². The van der Waals surface area contributed by atoms with Crippen LogP contribution < -0.4 is 0 Å². The van der Waals surface area contributed by atoms with E-state index >= 15 is 0 Å². The summed E-state index contributed by atoms with van der Waals surface area (Å²) in [7, 11) is 0. The van der Waals surface area contributed by atoms with Crippen LogP contribution in [0.4, 0.5) is 5.69 Å². The fourth-order valence-electron chi connectivity index (χ4n) is 3.02. The van der Waals surface area contributed by atoms with Gasteiger partial charge in [-0.05, 0) is 32.9 Å². The third-order valence-corrected chi connectivity index (χ3v) is 4.56. The molecule has 0 aliphatic carbocycles. The number of benzene rings is 2. The minimum atomic E-state index is -0.669. The number of carbonyl (C=O) groups excluding carboxylic acids is 2. The van der Waals surface area contributed by atoms with Gasteiger partial charge in [0.15, 0.2) is 6.61 Å². The van der Waals surface area contributed by atoms with E-state index in [9.17, 15) is 19.7 Å². The van der Waals surface area contributed by atoms with Crippen LogP contribution in [-0.2, 0) is 4.74 Å². The second-order valence-corrected chi connectivity index (χ2v) is 6.55. The van der Waals surface area contributed by atoms with E-state index in [1.165, 1.54) is 18.2 Å². The van der Waals surface area contributed by atoms with E-state index in [2.05, 4.69) is 5.10 Å². The smallest absolute Gasteiger partial charge is 0.342 e. The zero-order valence-electron chi connectivity index (χ0n) is 16.2.